The first-order chi connectivity index (χ1) is 6.09. The van der Waals surface area contributed by atoms with Crippen molar-refractivity contribution >= 4 is 15.0 Å². The normalized spacial score (nSPS) is 20.1. The highest BCUT2D eigenvalue weighted by Crippen LogP contribution is 2.24. The number of sulfone groups is 1. The van der Waals surface area contributed by atoms with Crippen molar-refractivity contribution in [3.63, 3.8) is 0 Å². The second-order valence-corrected chi connectivity index (χ2v) is 5.74. The van der Waals surface area contributed by atoms with Crippen molar-refractivity contribution in [2.75, 3.05) is 0 Å². The highest BCUT2D eigenvalue weighted by Gasteiger charge is 2.32. The van der Waals surface area contributed by atoms with Crippen LogP contribution in [0.3, 0.4) is 0 Å². The van der Waals surface area contributed by atoms with E-state index in [0.29, 0.717) is 12.8 Å². The summed E-state index contributed by atoms with van der Waals surface area (Å²) >= 11 is 0. The Morgan fingerprint density at radius 3 is 2.23 bits per heavy atom. The molecule has 1 rings (SSSR count). The van der Waals surface area contributed by atoms with Gasteiger partial charge < -0.3 is 0 Å². The van der Waals surface area contributed by atoms with Gasteiger partial charge in [-0.15, -0.1) is 0 Å². The van der Waals surface area contributed by atoms with Crippen LogP contribution in [-0.4, -0.2) is 18.8 Å². The maximum Gasteiger partial charge on any atom is 0.246 e. The van der Waals surface area contributed by atoms with E-state index in [0.717, 1.165) is 19.3 Å². The van der Waals surface area contributed by atoms with Crippen molar-refractivity contribution in [1.82, 2.24) is 0 Å². The average molecular weight is 204 g/mol. The van der Waals surface area contributed by atoms with Crippen LogP contribution in [0.5, 0.6) is 0 Å². The molecule has 0 heterocycles. The van der Waals surface area contributed by atoms with Crippen LogP contribution in [0, 0.1) is 0 Å². The molecule has 0 atom stereocenters. The van der Waals surface area contributed by atoms with Gasteiger partial charge in [0.15, 0.2) is 0 Å². The van der Waals surface area contributed by atoms with Crippen molar-refractivity contribution in [2.24, 2.45) is 0 Å². The van der Waals surface area contributed by atoms with Crippen LogP contribution in [0.2, 0.25) is 0 Å². The molecule has 0 amide bonds. The number of hydrogen-bond acceptors (Lipinski definition) is 3. The molecule has 4 heteroatoms. The molecule has 76 valence electrons. The standard InChI is InChI=1S/C9H16O3S/c1-2-9(10)13(11,12)8-6-4-3-5-7-8/h8H,2-7H2,1H3. The SMILES string of the molecule is CCC(=O)S(=O)(=O)C1CCCCC1. The van der Waals surface area contributed by atoms with Gasteiger partial charge in [0, 0.05) is 6.42 Å². The summed E-state index contributed by atoms with van der Waals surface area (Å²) in [7, 11) is -3.45. The zero-order chi connectivity index (χ0) is 9.90. The Labute approximate surface area is 79.4 Å². The van der Waals surface area contributed by atoms with E-state index in [1.807, 2.05) is 0 Å². The van der Waals surface area contributed by atoms with E-state index in [2.05, 4.69) is 0 Å². The summed E-state index contributed by atoms with van der Waals surface area (Å²) in [6, 6.07) is 0. The highest BCUT2D eigenvalue weighted by atomic mass is 32.2. The predicted molar refractivity (Wildman–Crippen MR) is 51.1 cm³/mol. The van der Waals surface area contributed by atoms with Crippen molar-refractivity contribution in [3.8, 4) is 0 Å². The Morgan fingerprint density at radius 1 is 1.23 bits per heavy atom. The summed E-state index contributed by atoms with van der Waals surface area (Å²) in [4.78, 5) is 11.1. The zero-order valence-corrected chi connectivity index (χ0v) is 8.77. The van der Waals surface area contributed by atoms with Crippen LogP contribution in [0.4, 0.5) is 0 Å². The Kier molecular flexibility index (Phi) is 3.47. The van der Waals surface area contributed by atoms with Crippen molar-refractivity contribution in [2.45, 2.75) is 50.7 Å². The lowest BCUT2D eigenvalue weighted by atomic mass is 10.0. The maximum atomic E-state index is 11.6. The van der Waals surface area contributed by atoms with Crippen LogP contribution in [-0.2, 0) is 14.6 Å². The van der Waals surface area contributed by atoms with Crippen molar-refractivity contribution in [1.29, 1.82) is 0 Å². The molecule has 0 saturated heterocycles. The molecule has 1 fully saturated rings. The lowest BCUT2D eigenvalue weighted by Gasteiger charge is -2.20. The molecule has 0 bridgehead atoms. The summed E-state index contributed by atoms with van der Waals surface area (Å²) in [5, 5.41) is -0.965. The lowest BCUT2D eigenvalue weighted by molar-refractivity contribution is -0.111. The van der Waals surface area contributed by atoms with Crippen LogP contribution >= 0.6 is 0 Å². The average Bonchev–Trinajstić information content (AvgIpc) is 2.18. The molecule has 0 N–H and O–H groups in total. The molecule has 0 unspecified atom stereocenters. The van der Waals surface area contributed by atoms with E-state index in [4.69, 9.17) is 0 Å². The quantitative estimate of drug-likeness (QED) is 0.687. The molecule has 3 nitrogen and oxygen atoms in total. The smallest absolute Gasteiger partial charge is 0.246 e. The fourth-order valence-corrected chi connectivity index (χ4v) is 3.49. The van der Waals surface area contributed by atoms with E-state index < -0.39 is 15.0 Å². The van der Waals surface area contributed by atoms with Gasteiger partial charge in [-0.3, -0.25) is 4.79 Å². The first-order valence-electron chi connectivity index (χ1n) is 4.85. The lowest BCUT2D eigenvalue weighted by Crippen LogP contribution is -2.29. The van der Waals surface area contributed by atoms with Gasteiger partial charge in [0.05, 0.1) is 5.25 Å². The largest absolute Gasteiger partial charge is 0.282 e. The van der Waals surface area contributed by atoms with Crippen LogP contribution in [0.15, 0.2) is 0 Å². The number of carbonyl (C=O) groups excluding carboxylic acids is 1. The zero-order valence-electron chi connectivity index (χ0n) is 7.95. The molecular weight excluding hydrogens is 188 g/mol. The van der Waals surface area contributed by atoms with Gasteiger partial charge in [-0.2, -0.15) is 0 Å². The number of rotatable bonds is 2. The van der Waals surface area contributed by atoms with E-state index in [-0.39, 0.29) is 11.7 Å². The molecule has 0 aromatic carbocycles. The van der Waals surface area contributed by atoms with Gasteiger partial charge in [-0.05, 0) is 12.8 Å². The minimum atomic E-state index is -3.45. The second-order valence-electron chi connectivity index (χ2n) is 3.53. The summed E-state index contributed by atoms with van der Waals surface area (Å²) < 4.78 is 23.1. The Morgan fingerprint density at radius 2 is 1.77 bits per heavy atom. The highest BCUT2D eigenvalue weighted by molar-refractivity contribution is 8.06. The predicted octanol–water partition coefficient (Wildman–Crippen LogP) is 1.67. The van der Waals surface area contributed by atoms with E-state index in [9.17, 15) is 13.2 Å². The summed E-state index contributed by atoms with van der Waals surface area (Å²) in [6.45, 7) is 1.60. The van der Waals surface area contributed by atoms with Crippen LogP contribution < -0.4 is 0 Å². The maximum absolute atomic E-state index is 11.6. The fourth-order valence-electron chi connectivity index (χ4n) is 1.76. The Balaban J connectivity index is 2.73. The molecule has 0 aliphatic heterocycles. The molecule has 1 saturated carbocycles. The minimum Gasteiger partial charge on any atom is -0.282 e. The first-order valence-corrected chi connectivity index (χ1v) is 6.40. The molecule has 1 aliphatic carbocycles. The molecule has 0 spiro atoms. The number of hydrogen-bond donors (Lipinski definition) is 0. The molecule has 0 radical (unpaired) electrons. The van der Waals surface area contributed by atoms with Gasteiger partial charge in [0.1, 0.15) is 0 Å². The third-order valence-electron chi connectivity index (χ3n) is 2.60. The Bertz CT molecular complexity index is 273. The van der Waals surface area contributed by atoms with E-state index in [1.165, 1.54) is 0 Å². The van der Waals surface area contributed by atoms with Gasteiger partial charge >= 0.3 is 0 Å². The number of carbonyl (C=O) groups is 1. The molecule has 13 heavy (non-hydrogen) atoms. The second kappa shape index (κ2) is 4.22. The van der Waals surface area contributed by atoms with Crippen LogP contribution in [0.25, 0.3) is 0 Å². The third kappa shape index (κ3) is 2.30. The first kappa shape index (κ1) is 10.7. The van der Waals surface area contributed by atoms with Crippen LogP contribution in [0.1, 0.15) is 45.4 Å². The third-order valence-corrected chi connectivity index (χ3v) is 4.87. The summed E-state index contributed by atoms with van der Waals surface area (Å²) in [6.07, 6.45) is 4.45. The van der Waals surface area contributed by atoms with Gasteiger partial charge in [0.2, 0.25) is 15.0 Å². The molecular formula is C9H16O3S. The molecule has 0 aromatic rings. The monoisotopic (exact) mass is 204 g/mol. The topological polar surface area (TPSA) is 51.2 Å². The van der Waals surface area contributed by atoms with Gasteiger partial charge in [0.25, 0.3) is 0 Å². The van der Waals surface area contributed by atoms with E-state index >= 15 is 0 Å². The van der Waals surface area contributed by atoms with Gasteiger partial charge in [-0.1, -0.05) is 26.2 Å². The molecule has 0 aromatic heterocycles. The minimum absolute atomic E-state index is 0.110. The fraction of sp³-hybridized carbons (Fsp3) is 0.889. The molecule has 1 aliphatic rings. The summed E-state index contributed by atoms with van der Waals surface area (Å²) in [5.41, 5.74) is 0. The Hall–Kier alpha value is -0.380. The van der Waals surface area contributed by atoms with Crippen molar-refractivity contribution < 1.29 is 13.2 Å². The summed E-state index contributed by atoms with van der Waals surface area (Å²) in [5.74, 6) is 0. The van der Waals surface area contributed by atoms with Gasteiger partial charge in [-0.25, -0.2) is 8.42 Å². The van der Waals surface area contributed by atoms with Crippen molar-refractivity contribution in [3.05, 3.63) is 0 Å². The van der Waals surface area contributed by atoms with E-state index in [1.54, 1.807) is 6.92 Å².